The molecular formula is C28H30F2N2OS. The van der Waals surface area contributed by atoms with E-state index in [1.165, 1.54) is 17.7 Å². The van der Waals surface area contributed by atoms with Gasteiger partial charge in [0, 0.05) is 25.4 Å². The van der Waals surface area contributed by atoms with Gasteiger partial charge in [0.2, 0.25) is 0 Å². The topological polar surface area (TPSA) is 35.5 Å². The lowest BCUT2D eigenvalue weighted by molar-refractivity contribution is 0.0693. The van der Waals surface area contributed by atoms with Crippen LogP contribution in [0, 0.1) is 11.6 Å². The molecule has 0 fully saturated rings. The first kappa shape index (κ1) is 24.5. The average molecular weight is 481 g/mol. The highest BCUT2D eigenvalue weighted by Gasteiger charge is 2.33. The fraction of sp³-hybridized carbons (Fsp3) is 0.286. The van der Waals surface area contributed by atoms with Crippen LogP contribution in [0.25, 0.3) is 0 Å². The van der Waals surface area contributed by atoms with E-state index in [0.717, 1.165) is 23.6 Å². The number of aliphatic hydroxyl groups is 1. The first-order valence-electron chi connectivity index (χ1n) is 11.6. The molecule has 0 aliphatic carbocycles. The number of rotatable bonds is 10. The van der Waals surface area contributed by atoms with Crippen LogP contribution in [0.15, 0.2) is 84.4 Å². The number of thioether (sulfide) groups is 1. The molecule has 4 rings (SSSR count). The predicted octanol–water partition coefficient (Wildman–Crippen LogP) is 5.81. The zero-order valence-electron chi connectivity index (χ0n) is 19.2. The summed E-state index contributed by atoms with van der Waals surface area (Å²) in [6, 6.07) is 21.6. The monoisotopic (exact) mass is 480 g/mol. The van der Waals surface area contributed by atoms with Crippen LogP contribution in [0.1, 0.15) is 34.6 Å². The summed E-state index contributed by atoms with van der Waals surface area (Å²) in [6.07, 6.45) is 2.51. The standard InChI is InChI=1S/C28H30F2N2OS/c1-2-20-7-6-8-21(13-20)18-31-19-27(33)26(16-22-14-24(29)17-25(30)15-22)32-11-12-34-28(32)23-9-4-3-5-10-23/h3-15,17,26-28,31,33H,2,16,18-19H2,1H3/t26-,27+,28?/m0/s1. The van der Waals surface area contributed by atoms with Gasteiger partial charge in [-0.15, -0.1) is 11.8 Å². The molecule has 0 spiro atoms. The molecule has 0 bridgehead atoms. The smallest absolute Gasteiger partial charge is 0.126 e. The van der Waals surface area contributed by atoms with Gasteiger partial charge in [0.1, 0.15) is 17.0 Å². The number of aryl methyl sites for hydroxylation is 1. The molecule has 3 atom stereocenters. The van der Waals surface area contributed by atoms with Gasteiger partial charge in [-0.2, -0.15) is 0 Å². The van der Waals surface area contributed by atoms with Crippen LogP contribution in [0.3, 0.4) is 0 Å². The molecule has 1 unspecified atom stereocenters. The quantitative estimate of drug-likeness (QED) is 0.384. The van der Waals surface area contributed by atoms with Gasteiger partial charge in [0.15, 0.2) is 0 Å². The Morgan fingerprint density at radius 1 is 0.941 bits per heavy atom. The normalized spacial score (nSPS) is 17.2. The van der Waals surface area contributed by atoms with Crippen molar-refractivity contribution in [2.75, 3.05) is 6.54 Å². The lowest BCUT2D eigenvalue weighted by Crippen LogP contribution is -2.46. The summed E-state index contributed by atoms with van der Waals surface area (Å²) < 4.78 is 27.8. The fourth-order valence-corrected chi connectivity index (χ4v) is 5.39. The summed E-state index contributed by atoms with van der Waals surface area (Å²) in [5.41, 5.74) is 4.07. The Kier molecular flexibility index (Phi) is 8.38. The molecule has 0 amide bonds. The van der Waals surface area contributed by atoms with Crippen molar-refractivity contribution in [2.24, 2.45) is 0 Å². The van der Waals surface area contributed by atoms with Crippen molar-refractivity contribution in [3.63, 3.8) is 0 Å². The Hall–Kier alpha value is -2.67. The second-order valence-electron chi connectivity index (χ2n) is 8.55. The molecule has 0 saturated carbocycles. The summed E-state index contributed by atoms with van der Waals surface area (Å²) in [5.74, 6) is -1.22. The second kappa shape index (κ2) is 11.6. The van der Waals surface area contributed by atoms with Gasteiger partial charge >= 0.3 is 0 Å². The van der Waals surface area contributed by atoms with Crippen molar-refractivity contribution in [1.82, 2.24) is 10.2 Å². The summed E-state index contributed by atoms with van der Waals surface area (Å²) in [4.78, 5) is 2.10. The molecule has 3 aromatic carbocycles. The SMILES string of the molecule is CCc1cccc(CNC[C@@H](O)[C@H](Cc2cc(F)cc(F)c2)N2C=CSC2c2ccccc2)c1. The highest BCUT2D eigenvalue weighted by molar-refractivity contribution is 8.02. The number of hydrogen-bond acceptors (Lipinski definition) is 4. The highest BCUT2D eigenvalue weighted by Crippen LogP contribution is 2.41. The maximum Gasteiger partial charge on any atom is 0.126 e. The van der Waals surface area contributed by atoms with Gasteiger partial charge in [-0.1, -0.05) is 61.5 Å². The van der Waals surface area contributed by atoms with Crippen molar-refractivity contribution in [1.29, 1.82) is 0 Å². The molecule has 1 aliphatic rings. The minimum absolute atomic E-state index is 0.0134. The predicted molar refractivity (Wildman–Crippen MR) is 135 cm³/mol. The summed E-state index contributed by atoms with van der Waals surface area (Å²) in [7, 11) is 0. The first-order valence-corrected chi connectivity index (χ1v) is 12.5. The largest absolute Gasteiger partial charge is 0.390 e. The zero-order chi connectivity index (χ0) is 23.9. The molecule has 0 saturated heterocycles. The lowest BCUT2D eigenvalue weighted by atomic mass is 9.98. The van der Waals surface area contributed by atoms with Gasteiger partial charge in [-0.25, -0.2) is 8.78 Å². The van der Waals surface area contributed by atoms with E-state index < -0.39 is 17.7 Å². The van der Waals surface area contributed by atoms with Crippen molar-refractivity contribution in [2.45, 2.75) is 43.8 Å². The van der Waals surface area contributed by atoms with Crippen LogP contribution in [0.5, 0.6) is 0 Å². The van der Waals surface area contributed by atoms with Crippen LogP contribution in [-0.2, 0) is 19.4 Å². The first-order chi connectivity index (χ1) is 16.5. The number of halogens is 2. The van der Waals surface area contributed by atoms with E-state index in [1.807, 2.05) is 35.9 Å². The van der Waals surface area contributed by atoms with Crippen molar-refractivity contribution in [3.8, 4) is 0 Å². The third-order valence-corrected chi connectivity index (χ3v) is 7.12. The van der Waals surface area contributed by atoms with Gasteiger partial charge < -0.3 is 15.3 Å². The van der Waals surface area contributed by atoms with Crippen molar-refractivity contribution in [3.05, 3.63) is 118 Å². The number of aliphatic hydroxyl groups excluding tert-OH is 1. The van der Waals surface area contributed by atoms with E-state index >= 15 is 0 Å². The number of nitrogens with one attached hydrogen (secondary N) is 1. The maximum atomic E-state index is 13.9. The molecule has 3 aromatic rings. The van der Waals surface area contributed by atoms with Crippen LogP contribution >= 0.6 is 11.8 Å². The molecule has 1 aliphatic heterocycles. The summed E-state index contributed by atoms with van der Waals surface area (Å²) in [5, 5.41) is 16.6. The third-order valence-electron chi connectivity index (χ3n) is 6.07. The molecular weight excluding hydrogens is 450 g/mol. The summed E-state index contributed by atoms with van der Waals surface area (Å²) in [6.45, 7) is 3.12. The Morgan fingerprint density at radius 2 is 1.68 bits per heavy atom. The molecule has 6 heteroatoms. The Bertz CT molecular complexity index is 1090. The Balaban J connectivity index is 1.52. The van der Waals surface area contributed by atoms with Gasteiger partial charge in [0.25, 0.3) is 0 Å². The van der Waals surface area contributed by atoms with E-state index in [-0.39, 0.29) is 11.4 Å². The van der Waals surface area contributed by atoms with Crippen molar-refractivity contribution < 1.29 is 13.9 Å². The Morgan fingerprint density at radius 3 is 2.41 bits per heavy atom. The molecule has 0 aromatic heterocycles. The van der Waals surface area contributed by atoms with Gasteiger partial charge in [-0.05, 0) is 52.6 Å². The lowest BCUT2D eigenvalue weighted by Gasteiger charge is -2.37. The fourth-order valence-electron chi connectivity index (χ4n) is 4.35. The molecule has 2 N–H and O–H groups in total. The zero-order valence-corrected chi connectivity index (χ0v) is 20.0. The average Bonchev–Trinajstić information content (AvgIpc) is 3.32. The van der Waals surface area contributed by atoms with E-state index in [4.69, 9.17) is 0 Å². The minimum Gasteiger partial charge on any atom is -0.390 e. The van der Waals surface area contributed by atoms with Crippen LogP contribution in [-0.4, -0.2) is 28.7 Å². The third kappa shape index (κ3) is 6.26. The van der Waals surface area contributed by atoms with Crippen molar-refractivity contribution >= 4 is 11.8 Å². The van der Waals surface area contributed by atoms with E-state index in [0.29, 0.717) is 25.1 Å². The molecule has 178 valence electrons. The van der Waals surface area contributed by atoms with E-state index in [9.17, 15) is 13.9 Å². The molecule has 3 nitrogen and oxygen atoms in total. The van der Waals surface area contributed by atoms with Gasteiger partial charge in [0.05, 0.1) is 12.1 Å². The highest BCUT2D eigenvalue weighted by atomic mass is 32.2. The molecule has 0 radical (unpaired) electrons. The van der Waals surface area contributed by atoms with Gasteiger partial charge in [-0.3, -0.25) is 0 Å². The molecule has 34 heavy (non-hydrogen) atoms. The van der Waals surface area contributed by atoms with E-state index in [1.54, 1.807) is 11.8 Å². The van der Waals surface area contributed by atoms with Crippen LogP contribution < -0.4 is 5.32 Å². The van der Waals surface area contributed by atoms with E-state index in [2.05, 4.69) is 47.5 Å². The molecule has 1 heterocycles. The maximum absolute atomic E-state index is 13.9. The number of nitrogens with zero attached hydrogens (tertiary/aromatic N) is 1. The number of hydrogen-bond donors (Lipinski definition) is 2. The Labute approximate surface area is 204 Å². The number of benzene rings is 3. The van der Waals surface area contributed by atoms with Crippen LogP contribution in [0.2, 0.25) is 0 Å². The van der Waals surface area contributed by atoms with Crippen LogP contribution in [0.4, 0.5) is 8.78 Å². The summed E-state index contributed by atoms with van der Waals surface area (Å²) >= 11 is 1.66. The second-order valence-corrected chi connectivity index (χ2v) is 9.54. The minimum atomic E-state index is -0.754.